The first-order valence-electron chi connectivity index (χ1n) is 6.75. The molecule has 0 heterocycles. The van der Waals surface area contributed by atoms with Gasteiger partial charge >= 0.3 is 0 Å². The number of quaternary nitrogens is 2. The molecule has 2 N–H and O–H groups in total. The zero-order valence-electron chi connectivity index (χ0n) is 11.8. The van der Waals surface area contributed by atoms with Gasteiger partial charge in [-0.15, -0.1) is 0 Å². The summed E-state index contributed by atoms with van der Waals surface area (Å²) in [5.41, 5.74) is 1.46. The third-order valence-corrected chi connectivity index (χ3v) is 3.57. The number of benzene rings is 1. The van der Waals surface area contributed by atoms with Crippen molar-refractivity contribution in [2.75, 3.05) is 34.2 Å². The molecule has 2 heteroatoms. The largest absolute Gasteiger partial charge is 0.335 e. The molecule has 0 saturated carbocycles. The Hall–Kier alpha value is -0.860. The van der Waals surface area contributed by atoms with Gasteiger partial charge in [-0.3, -0.25) is 0 Å². The molecule has 1 aromatic rings. The quantitative estimate of drug-likeness (QED) is 0.641. The van der Waals surface area contributed by atoms with Crippen molar-refractivity contribution in [1.29, 1.82) is 0 Å². The topological polar surface area (TPSA) is 8.88 Å². The third-order valence-electron chi connectivity index (χ3n) is 3.57. The fourth-order valence-electron chi connectivity index (χ4n) is 1.97. The molecule has 1 unspecified atom stereocenters. The first-order chi connectivity index (χ1) is 8.09. The molecule has 0 aromatic heterocycles. The van der Waals surface area contributed by atoms with Crippen LogP contribution in [0.3, 0.4) is 0 Å². The normalized spacial score (nSPS) is 14.9. The predicted molar refractivity (Wildman–Crippen MR) is 73.7 cm³/mol. The van der Waals surface area contributed by atoms with Crippen molar-refractivity contribution in [3.63, 3.8) is 0 Å². The molecule has 2 atom stereocenters. The molecule has 0 amide bonds. The Bertz CT molecular complexity index is 295. The molecule has 0 saturated heterocycles. The van der Waals surface area contributed by atoms with Crippen molar-refractivity contribution in [3.8, 4) is 0 Å². The van der Waals surface area contributed by atoms with E-state index in [4.69, 9.17) is 0 Å². The maximum absolute atomic E-state index is 2.36. The highest BCUT2D eigenvalue weighted by Crippen LogP contribution is 2.03. The second kappa shape index (κ2) is 7.46. The molecular weight excluding hydrogens is 208 g/mol. The number of hydrogen-bond acceptors (Lipinski definition) is 0. The summed E-state index contributed by atoms with van der Waals surface area (Å²) in [5.74, 6) is 0. The van der Waals surface area contributed by atoms with E-state index in [1.165, 1.54) is 31.5 Å². The highest BCUT2D eigenvalue weighted by Gasteiger charge is 2.13. The lowest BCUT2D eigenvalue weighted by molar-refractivity contribution is -0.944. The van der Waals surface area contributed by atoms with Crippen LogP contribution in [-0.2, 0) is 6.42 Å². The molecule has 0 aliphatic heterocycles. The van der Waals surface area contributed by atoms with Gasteiger partial charge < -0.3 is 9.80 Å². The SMILES string of the molecule is C[C@@H](CCc1ccccc1)[NH+](C)CC[NH+](C)C. The Morgan fingerprint density at radius 3 is 2.24 bits per heavy atom. The summed E-state index contributed by atoms with van der Waals surface area (Å²) >= 11 is 0. The van der Waals surface area contributed by atoms with Crippen LogP contribution in [0.15, 0.2) is 30.3 Å². The summed E-state index contributed by atoms with van der Waals surface area (Å²) in [6, 6.07) is 11.6. The first-order valence-corrected chi connectivity index (χ1v) is 6.75. The molecule has 2 nitrogen and oxygen atoms in total. The lowest BCUT2D eigenvalue weighted by Crippen LogP contribution is -3.18. The van der Waals surface area contributed by atoms with Crippen molar-refractivity contribution >= 4 is 0 Å². The Labute approximate surface area is 106 Å². The molecular formula is C15H28N2+2. The van der Waals surface area contributed by atoms with E-state index in [1.807, 2.05) is 0 Å². The Morgan fingerprint density at radius 2 is 1.65 bits per heavy atom. The van der Waals surface area contributed by atoms with Crippen molar-refractivity contribution in [3.05, 3.63) is 35.9 Å². The summed E-state index contributed by atoms with van der Waals surface area (Å²) in [6.45, 7) is 4.88. The Kier molecular flexibility index (Phi) is 6.23. The van der Waals surface area contributed by atoms with Crippen LogP contribution in [0.1, 0.15) is 18.9 Å². The average Bonchev–Trinajstić information content (AvgIpc) is 2.34. The van der Waals surface area contributed by atoms with E-state index >= 15 is 0 Å². The molecule has 96 valence electrons. The highest BCUT2D eigenvalue weighted by molar-refractivity contribution is 5.14. The average molecular weight is 236 g/mol. The monoisotopic (exact) mass is 236 g/mol. The van der Waals surface area contributed by atoms with E-state index < -0.39 is 0 Å². The van der Waals surface area contributed by atoms with Gasteiger partial charge in [0, 0.05) is 6.42 Å². The van der Waals surface area contributed by atoms with Crippen LogP contribution in [0.5, 0.6) is 0 Å². The van der Waals surface area contributed by atoms with Gasteiger partial charge in [-0.1, -0.05) is 30.3 Å². The molecule has 0 spiro atoms. The summed E-state index contributed by atoms with van der Waals surface area (Å²) < 4.78 is 0. The molecule has 0 bridgehead atoms. The molecule has 1 rings (SSSR count). The van der Waals surface area contributed by atoms with Crippen LogP contribution in [0.4, 0.5) is 0 Å². The van der Waals surface area contributed by atoms with E-state index in [2.05, 4.69) is 58.4 Å². The standard InChI is InChI=1S/C15H26N2/c1-14(17(4)13-12-16(2)3)10-11-15-8-6-5-7-9-15/h5-9,14H,10-13H2,1-4H3/p+2/t14-/m0/s1. The van der Waals surface area contributed by atoms with Crippen LogP contribution in [-0.4, -0.2) is 40.3 Å². The Morgan fingerprint density at radius 1 is 1.00 bits per heavy atom. The van der Waals surface area contributed by atoms with E-state index in [9.17, 15) is 0 Å². The smallest absolute Gasteiger partial charge is 0.127 e. The van der Waals surface area contributed by atoms with Crippen molar-refractivity contribution in [2.45, 2.75) is 25.8 Å². The second-order valence-electron chi connectivity index (χ2n) is 5.48. The van der Waals surface area contributed by atoms with Gasteiger partial charge in [-0.05, 0) is 18.9 Å². The summed E-state index contributed by atoms with van der Waals surface area (Å²) in [7, 11) is 6.77. The fraction of sp³-hybridized carbons (Fsp3) is 0.600. The van der Waals surface area contributed by atoms with Gasteiger partial charge in [0.1, 0.15) is 13.1 Å². The van der Waals surface area contributed by atoms with Crippen LogP contribution >= 0.6 is 0 Å². The number of nitrogens with one attached hydrogen (secondary N) is 2. The lowest BCUT2D eigenvalue weighted by Gasteiger charge is -2.22. The van der Waals surface area contributed by atoms with E-state index in [0.29, 0.717) is 0 Å². The fourth-order valence-corrected chi connectivity index (χ4v) is 1.97. The van der Waals surface area contributed by atoms with Gasteiger partial charge in [-0.2, -0.15) is 0 Å². The highest BCUT2D eigenvalue weighted by atomic mass is 15.2. The number of likely N-dealkylation sites (N-methyl/N-ethyl adjacent to an activating group) is 2. The number of aryl methyl sites for hydroxylation is 1. The minimum atomic E-state index is 0.745. The maximum Gasteiger partial charge on any atom is 0.127 e. The van der Waals surface area contributed by atoms with Crippen LogP contribution < -0.4 is 9.80 Å². The van der Waals surface area contributed by atoms with Gasteiger partial charge in [-0.25, -0.2) is 0 Å². The zero-order valence-corrected chi connectivity index (χ0v) is 11.8. The number of hydrogen-bond donors (Lipinski definition) is 2. The predicted octanol–water partition coefficient (Wildman–Crippen LogP) is -0.333. The molecule has 1 aromatic carbocycles. The minimum absolute atomic E-state index is 0.745. The maximum atomic E-state index is 2.36. The summed E-state index contributed by atoms with van der Waals surface area (Å²) in [4.78, 5) is 3.20. The zero-order chi connectivity index (χ0) is 12.7. The van der Waals surface area contributed by atoms with Gasteiger partial charge in [0.05, 0.1) is 27.2 Å². The molecule has 0 aliphatic rings. The minimum Gasteiger partial charge on any atom is -0.335 e. The third kappa shape index (κ3) is 5.85. The van der Waals surface area contributed by atoms with Crippen LogP contribution in [0.25, 0.3) is 0 Å². The van der Waals surface area contributed by atoms with Crippen molar-refractivity contribution in [2.24, 2.45) is 0 Å². The summed E-state index contributed by atoms with van der Waals surface area (Å²) in [6.07, 6.45) is 2.48. The molecule has 0 aliphatic carbocycles. The van der Waals surface area contributed by atoms with Crippen LogP contribution in [0, 0.1) is 0 Å². The van der Waals surface area contributed by atoms with E-state index in [1.54, 1.807) is 9.80 Å². The van der Waals surface area contributed by atoms with Crippen LogP contribution in [0.2, 0.25) is 0 Å². The first kappa shape index (κ1) is 14.2. The van der Waals surface area contributed by atoms with E-state index in [0.717, 1.165) is 6.04 Å². The lowest BCUT2D eigenvalue weighted by atomic mass is 10.1. The molecule has 0 fully saturated rings. The number of rotatable bonds is 7. The van der Waals surface area contributed by atoms with Gasteiger partial charge in [0.25, 0.3) is 0 Å². The van der Waals surface area contributed by atoms with E-state index in [-0.39, 0.29) is 0 Å². The van der Waals surface area contributed by atoms with Crippen molar-refractivity contribution < 1.29 is 9.80 Å². The Balaban J connectivity index is 2.26. The summed E-state index contributed by atoms with van der Waals surface area (Å²) in [5, 5.41) is 0. The second-order valence-corrected chi connectivity index (χ2v) is 5.48. The molecule has 0 radical (unpaired) electrons. The van der Waals surface area contributed by atoms with Gasteiger partial charge in [0.15, 0.2) is 0 Å². The van der Waals surface area contributed by atoms with Crippen molar-refractivity contribution in [1.82, 2.24) is 0 Å². The van der Waals surface area contributed by atoms with Gasteiger partial charge in [0.2, 0.25) is 0 Å². The molecule has 17 heavy (non-hydrogen) atoms.